The van der Waals surface area contributed by atoms with Crippen molar-refractivity contribution < 1.29 is 4.79 Å². The highest BCUT2D eigenvalue weighted by Crippen LogP contribution is 2.41. The molecule has 0 amide bonds. The Bertz CT molecular complexity index is 261. The lowest BCUT2D eigenvalue weighted by Crippen LogP contribution is -2.33. The molecule has 1 atom stereocenters. The molecule has 15 heavy (non-hydrogen) atoms. The fourth-order valence-corrected chi connectivity index (χ4v) is 2.93. The second-order valence-electron chi connectivity index (χ2n) is 4.04. The highest BCUT2D eigenvalue weighted by Gasteiger charge is 2.41. The third-order valence-electron chi connectivity index (χ3n) is 2.33. The third kappa shape index (κ3) is 3.69. The smallest absolute Gasteiger partial charge is 0.225 e. The van der Waals surface area contributed by atoms with Gasteiger partial charge in [-0.25, -0.2) is 0 Å². The Morgan fingerprint density at radius 1 is 1.53 bits per heavy atom. The topological polar surface area (TPSA) is 17.1 Å². The van der Waals surface area contributed by atoms with Crippen LogP contribution in [0, 0.1) is 5.92 Å². The van der Waals surface area contributed by atoms with Crippen LogP contribution >= 0.6 is 35.0 Å². The number of allylic oxidation sites excluding steroid dienone is 2. The van der Waals surface area contributed by atoms with E-state index in [0.29, 0.717) is 0 Å². The van der Waals surface area contributed by atoms with Gasteiger partial charge in [0.1, 0.15) is 0 Å². The Hall–Kier alpha value is 0.340. The molecule has 0 radical (unpaired) electrons. The second-order valence-corrected chi connectivity index (χ2v) is 6.98. The van der Waals surface area contributed by atoms with Crippen molar-refractivity contribution in [3.05, 3.63) is 12.2 Å². The number of alkyl halides is 2. The molecule has 0 saturated carbocycles. The van der Waals surface area contributed by atoms with Gasteiger partial charge in [-0.1, -0.05) is 61.0 Å². The molecule has 86 valence electrons. The molecule has 0 bridgehead atoms. The van der Waals surface area contributed by atoms with Gasteiger partial charge in [0.25, 0.3) is 0 Å². The van der Waals surface area contributed by atoms with Crippen LogP contribution in [-0.2, 0) is 4.79 Å². The van der Waals surface area contributed by atoms with E-state index < -0.39 is 4.33 Å². The maximum absolute atomic E-state index is 11.8. The van der Waals surface area contributed by atoms with Crippen molar-refractivity contribution >= 4 is 40.1 Å². The first-order chi connectivity index (χ1) is 6.94. The summed E-state index contributed by atoms with van der Waals surface area (Å²) in [6.45, 7) is 3.92. The molecule has 0 heterocycles. The quantitative estimate of drug-likeness (QED) is 0.563. The van der Waals surface area contributed by atoms with Crippen molar-refractivity contribution in [1.82, 2.24) is 0 Å². The van der Waals surface area contributed by atoms with Crippen molar-refractivity contribution in [3.8, 4) is 0 Å². The summed E-state index contributed by atoms with van der Waals surface area (Å²) in [5, 5.41) is 0.0966. The van der Waals surface area contributed by atoms with Crippen LogP contribution in [0.4, 0.5) is 0 Å². The van der Waals surface area contributed by atoms with Crippen LogP contribution in [0.5, 0.6) is 0 Å². The van der Waals surface area contributed by atoms with E-state index in [9.17, 15) is 4.79 Å². The van der Waals surface area contributed by atoms with Gasteiger partial charge in [-0.2, -0.15) is 0 Å². The number of thioether (sulfide) groups is 1. The van der Waals surface area contributed by atoms with E-state index in [0.717, 1.165) is 19.3 Å². The highest BCUT2D eigenvalue weighted by molar-refractivity contribution is 8.14. The maximum Gasteiger partial charge on any atom is 0.225 e. The van der Waals surface area contributed by atoms with Crippen LogP contribution in [0.3, 0.4) is 0 Å². The zero-order chi connectivity index (χ0) is 11.5. The Morgan fingerprint density at radius 2 is 2.20 bits per heavy atom. The number of hydrogen-bond donors (Lipinski definition) is 0. The minimum atomic E-state index is -1.26. The summed E-state index contributed by atoms with van der Waals surface area (Å²) in [6, 6.07) is 0. The molecular formula is C11H16Cl2OS. The lowest BCUT2D eigenvalue weighted by atomic mass is 9.93. The summed E-state index contributed by atoms with van der Waals surface area (Å²) >= 11 is 13.5. The van der Waals surface area contributed by atoms with E-state index in [1.165, 1.54) is 11.8 Å². The molecule has 0 saturated heterocycles. The Balaban J connectivity index is 2.67. The van der Waals surface area contributed by atoms with Gasteiger partial charge in [-0.05, 0) is 19.3 Å². The summed E-state index contributed by atoms with van der Waals surface area (Å²) in [6.07, 6.45) is 7.05. The predicted octanol–water partition coefficient (Wildman–Crippen LogP) is 4.18. The molecule has 0 N–H and O–H groups in total. The number of hydrogen-bond acceptors (Lipinski definition) is 2. The normalized spacial score (nSPS) is 22.1. The Kier molecular flexibility index (Phi) is 5.01. The van der Waals surface area contributed by atoms with E-state index in [1.54, 1.807) is 0 Å². The minimum absolute atomic E-state index is 0.0340. The molecule has 1 rings (SSSR count). The third-order valence-corrected chi connectivity index (χ3v) is 4.47. The van der Waals surface area contributed by atoms with Crippen LogP contribution in [0.1, 0.15) is 33.1 Å². The summed E-state index contributed by atoms with van der Waals surface area (Å²) < 4.78 is -1.26. The van der Waals surface area contributed by atoms with Crippen molar-refractivity contribution in [1.29, 1.82) is 0 Å². The van der Waals surface area contributed by atoms with Crippen LogP contribution in [0.15, 0.2) is 12.2 Å². The molecule has 0 aliphatic heterocycles. The van der Waals surface area contributed by atoms with E-state index in [1.807, 2.05) is 19.9 Å². The van der Waals surface area contributed by atoms with Crippen LogP contribution in [-0.4, -0.2) is 14.7 Å². The van der Waals surface area contributed by atoms with Gasteiger partial charge in [0, 0.05) is 11.2 Å². The van der Waals surface area contributed by atoms with Crippen molar-refractivity contribution in [3.63, 3.8) is 0 Å². The van der Waals surface area contributed by atoms with E-state index in [-0.39, 0.29) is 16.3 Å². The lowest BCUT2D eigenvalue weighted by molar-refractivity contribution is -0.112. The van der Waals surface area contributed by atoms with Gasteiger partial charge in [0.05, 0.1) is 0 Å². The lowest BCUT2D eigenvalue weighted by Gasteiger charge is -2.28. The molecule has 1 nitrogen and oxygen atoms in total. The zero-order valence-corrected chi connectivity index (χ0v) is 11.3. The van der Waals surface area contributed by atoms with E-state index >= 15 is 0 Å². The minimum Gasteiger partial charge on any atom is -0.284 e. The van der Waals surface area contributed by atoms with Gasteiger partial charge in [0.15, 0.2) is 4.33 Å². The van der Waals surface area contributed by atoms with Crippen molar-refractivity contribution in [2.75, 3.05) is 0 Å². The number of carbonyl (C=O) groups is 1. The first kappa shape index (κ1) is 13.4. The number of rotatable bonds is 3. The second kappa shape index (κ2) is 5.60. The van der Waals surface area contributed by atoms with Gasteiger partial charge in [-0.15, -0.1) is 0 Å². The van der Waals surface area contributed by atoms with Crippen molar-refractivity contribution in [2.24, 2.45) is 5.92 Å². The molecule has 0 aromatic rings. The summed E-state index contributed by atoms with van der Waals surface area (Å²) in [5.74, 6) is -0.0340. The zero-order valence-electron chi connectivity index (χ0n) is 9.00. The summed E-state index contributed by atoms with van der Waals surface area (Å²) in [4.78, 5) is 11.8. The molecular weight excluding hydrogens is 251 g/mol. The Labute approximate surface area is 106 Å². The van der Waals surface area contributed by atoms with E-state index in [2.05, 4.69) is 6.08 Å². The molecule has 4 heteroatoms. The fourth-order valence-electron chi connectivity index (χ4n) is 1.56. The van der Waals surface area contributed by atoms with Gasteiger partial charge < -0.3 is 0 Å². The van der Waals surface area contributed by atoms with Crippen molar-refractivity contribution in [2.45, 2.75) is 42.7 Å². The first-order valence-electron chi connectivity index (χ1n) is 5.20. The van der Waals surface area contributed by atoms with Crippen LogP contribution in [0.2, 0.25) is 0 Å². The van der Waals surface area contributed by atoms with E-state index in [4.69, 9.17) is 23.2 Å². The highest BCUT2D eigenvalue weighted by atomic mass is 35.5. The van der Waals surface area contributed by atoms with Gasteiger partial charge in [0.2, 0.25) is 5.12 Å². The molecule has 0 aromatic carbocycles. The number of halogens is 2. The standard InChI is InChI=1S/C11H16Cl2OS/c1-8(2)15-10(14)11(12,13)9-6-4-3-5-7-9/h4,6,8-9H,3,5,7H2,1-2H3/t9-/m0/s1. The average molecular weight is 267 g/mol. The van der Waals surface area contributed by atoms with Crippen LogP contribution in [0.25, 0.3) is 0 Å². The molecule has 0 unspecified atom stereocenters. The van der Waals surface area contributed by atoms with Crippen LogP contribution < -0.4 is 0 Å². The molecule has 0 fully saturated rings. The monoisotopic (exact) mass is 266 g/mol. The SMILES string of the molecule is CC(C)SC(=O)C(Cl)(Cl)[C@H]1C=CCCC1. The largest absolute Gasteiger partial charge is 0.284 e. The predicted molar refractivity (Wildman–Crippen MR) is 68.7 cm³/mol. The number of carbonyl (C=O) groups excluding carboxylic acids is 1. The molecule has 1 aliphatic carbocycles. The average Bonchev–Trinajstić information content (AvgIpc) is 2.18. The Morgan fingerprint density at radius 3 is 2.67 bits per heavy atom. The summed E-state index contributed by atoms with van der Waals surface area (Å²) in [7, 11) is 0. The molecule has 0 spiro atoms. The maximum atomic E-state index is 11.8. The van der Waals surface area contributed by atoms with Gasteiger partial charge in [-0.3, -0.25) is 4.79 Å². The molecule has 0 aromatic heterocycles. The first-order valence-corrected chi connectivity index (χ1v) is 6.83. The fraction of sp³-hybridized carbons (Fsp3) is 0.727. The summed E-state index contributed by atoms with van der Waals surface area (Å²) in [5.41, 5.74) is 0. The van der Waals surface area contributed by atoms with Gasteiger partial charge >= 0.3 is 0 Å². The molecule has 1 aliphatic rings.